The van der Waals surface area contributed by atoms with Crippen molar-refractivity contribution >= 4 is 11.6 Å². The van der Waals surface area contributed by atoms with E-state index in [1.54, 1.807) is 0 Å². The van der Waals surface area contributed by atoms with Gasteiger partial charge in [0, 0.05) is 41.7 Å². The summed E-state index contributed by atoms with van der Waals surface area (Å²) >= 11 is 0. The van der Waals surface area contributed by atoms with Gasteiger partial charge in [-0.25, -0.2) is 4.39 Å². The van der Waals surface area contributed by atoms with Crippen LogP contribution in [0.2, 0.25) is 0 Å². The number of nitrogens with two attached hydrogens (primary N) is 1. The molecule has 2 aromatic rings. The lowest BCUT2D eigenvalue weighted by molar-refractivity contribution is -0.0170. The van der Waals surface area contributed by atoms with Crippen LogP contribution in [-0.2, 0) is 0 Å². The van der Waals surface area contributed by atoms with Crippen molar-refractivity contribution in [3.8, 4) is 5.75 Å². The summed E-state index contributed by atoms with van der Waals surface area (Å²) < 4.78 is 21.4. The fourth-order valence-electron chi connectivity index (χ4n) is 4.51. The Morgan fingerprint density at radius 1 is 1.29 bits per heavy atom. The van der Waals surface area contributed by atoms with E-state index >= 15 is 0 Å². The smallest absolute Gasteiger partial charge is 0.252 e. The van der Waals surface area contributed by atoms with Gasteiger partial charge in [0.25, 0.3) is 5.91 Å². The molecule has 0 radical (unpaired) electrons. The molecule has 1 fully saturated rings. The van der Waals surface area contributed by atoms with E-state index in [1.165, 1.54) is 6.07 Å². The number of nitrogens with zero attached hydrogens (tertiary/aromatic N) is 2. The minimum Gasteiger partial charge on any atom is -0.487 e. The molecular formula is C23H26FN3O4. The Labute approximate surface area is 179 Å². The Kier molecular flexibility index (Phi) is 5.68. The molecule has 8 heteroatoms. The van der Waals surface area contributed by atoms with Crippen molar-refractivity contribution in [2.24, 2.45) is 10.7 Å². The SMILES string of the molecule is CC1=N/C=C/CC(C)c2c1ccn2[C@@H]1CC(Oc2ccc(F)cc2C(N)=O)[C@@H](O)[C@H]1O. The van der Waals surface area contributed by atoms with E-state index in [2.05, 4.69) is 11.9 Å². The molecule has 31 heavy (non-hydrogen) atoms. The molecule has 2 unspecified atom stereocenters. The largest absolute Gasteiger partial charge is 0.487 e. The maximum Gasteiger partial charge on any atom is 0.252 e. The molecule has 2 aliphatic rings. The highest BCUT2D eigenvalue weighted by atomic mass is 19.1. The summed E-state index contributed by atoms with van der Waals surface area (Å²) in [4.78, 5) is 16.1. The summed E-state index contributed by atoms with van der Waals surface area (Å²) in [5.41, 5.74) is 8.17. The Bertz CT molecular complexity index is 1060. The maximum absolute atomic E-state index is 13.5. The molecule has 7 nitrogen and oxygen atoms in total. The lowest BCUT2D eigenvalue weighted by atomic mass is 9.96. The second kappa shape index (κ2) is 8.28. The molecule has 1 aliphatic heterocycles. The predicted octanol–water partition coefficient (Wildman–Crippen LogP) is 2.67. The van der Waals surface area contributed by atoms with Crippen LogP contribution in [0.4, 0.5) is 4.39 Å². The Morgan fingerprint density at radius 2 is 2.06 bits per heavy atom. The first-order chi connectivity index (χ1) is 14.8. The van der Waals surface area contributed by atoms with E-state index in [-0.39, 0.29) is 17.2 Å². The van der Waals surface area contributed by atoms with E-state index in [4.69, 9.17) is 10.5 Å². The summed E-state index contributed by atoms with van der Waals surface area (Å²) in [6.07, 6.45) is 3.77. The zero-order valence-corrected chi connectivity index (χ0v) is 17.4. The van der Waals surface area contributed by atoms with Crippen LogP contribution in [0.15, 0.2) is 47.7 Å². The Hall–Kier alpha value is -2.97. The number of carbonyl (C=O) groups is 1. The fourth-order valence-corrected chi connectivity index (χ4v) is 4.51. The van der Waals surface area contributed by atoms with Gasteiger partial charge >= 0.3 is 0 Å². The number of carbonyl (C=O) groups excluding carboxylic acids is 1. The third-order valence-corrected chi connectivity index (χ3v) is 6.12. The molecule has 4 rings (SSSR count). The minimum absolute atomic E-state index is 0.0788. The van der Waals surface area contributed by atoms with Crippen molar-refractivity contribution in [1.29, 1.82) is 0 Å². The van der Waals surface area contributed by atoms with Crippen LogP contribution in [0.3, 0.4) is 0 Å². The highest BCUT2D eigenvalue weighted by Crippen LogP contribution is 2.38. The van der Waals surface area contributed by atoms with Crippen LogP contribution in [0.1, 0.15) is 60.3 Å². The Balaban J connectivity index is 1.64. The van der Waals surface area contributed by atoms with Gasteiger partial charge < -0.3 is 25.3 Å². The van der Waals surface area contributed by atoms with Crippen LogP contribution < -0.4 is 10.5 Å². The molecule has 0 saturated heterocycles. The summed E-state index contributed by atoms with van der Waals surface area (Å²) in [5.74, 6) is -1.18. The lowest BCUT2D eigenvalue weighted by Gasteiger charge is -2.24. The van der Waals surface area contributed by atoms with E-state index in [0.29, 0.717) is 6.42 Å². The standard InChI is InChI=1S/C23H26FN3O4/c1-12-4-3-8-26-13(2)15-7-9-27(20(12)15)17-11-19(22(29)21(17)28)31-18-6-5-14(24)10-16(18)23(25)30/h3,5-10,12,17,19,21-22,28-29H,4,11H2,1-2H3,(H2,25,30)/b8-3+,26-13?/t12?,17-,19?,21+,22-/m1/s1. The van der Waals surface area contributed by atoms with Crippen molar-refractivity contribution < 1.29 is 24.1 Å². The number of fused-ring (bicyclic) bond motifs is 1. The van der Waals surface area contributed by atoms with E-state index in [1.807, 2.05) is 36.0 Å². The fraction of sp³-hybridized carbons (Fsp3) is 0.391. The van der Waals surface area contributed by atoms with Gasteiger partial charge in [-0.1, -0.05) is 13.0 Å². The summed E-state index contributed by atoms with van der Waals surface area (Å²) in [6.45, 7) is 4.05. The highest BCUT2D eigenvalue weighted by Gasteiger charge is 2.45. The van der Waals surface area contributed by atoms with Crippen molar-refractivity contribution in [2.45, 2.75) is 57.0 Å². The number of aliphatic hydroxyl groups is 2. The molecule has 1 aromatic carbocycles. The molecule has 1 aromatic heterocycles. The summed E-state index contributed by atoms with van der Waals surface area (Å²) in [5, 5.41) is 21.5. The van der Waals surface area contributed by atoms with Gasteiger partial charge in [-0.15, -0.1) is 0 Å². The third kappa shape index (κ3) is 3.88. The van der Waals surface area contributed by atoms with Crippen molar-refractivity contribution in [1.82, 2.24) is 4.57 Å². The monoisotopic (exact) mass is 427 g/mol. The maximum atomic E-state index is 13.5. The number of rotatable bonds is 4. The average Bonchev–Trinajstić information content (AvgIpc) is 3.27. The molecule has 164 valence electrons. The summed E-state index contributed by atoms with van der Waals surface area (Å²) in [7, 11) is 0. The number of hydrogen-bond acceptors (Lipinski definition) is 5. The number of halogens is 1. The quantitative estimate of drug-likeness (QED) is 0.697. The van der Waals surface area contributed by atoms with Gasteiger partial charge in [0.15, 0.2) is 0 Å². The van der Waals surface area contributed by atoms with Gasteiger partial charge in [0.1, 0.15) is 29.9 Å². The molecule has 4 N–H and O–H groups in total. The van der Waals surface area contributed by atoms with E-state index in [9.17, 15) is 19.4 Å². The van der Waals surface area contributed by atoms with Crippen LogP contribution in [-0.4, -0.2) is 44.7 Å². The second-order valence-corrected chi connectivity index (χ2v) is 8.20. The summed E-state index contributed by atoms with van der Waals surface area (Å²) in [6, 6.07) is 5.01. The Morgan fingerprint density at radius 3 is 2.81 bits per heavy atom. The third-order valence-electron chi connectivity index (χ3n) is 6.12. The zero-order valence-electron chi connectivity index (χ0n) is 17.4. The number of amides is 1. The average molecular weight is 427 g/mol. The molecule has 1 aliphatic carbocycles. The number of aliphatic hydroxyl groups excluding tert-OH is 2. The first-order valence-electron chi connectivity index (χ1n) is 10.3. The number of hydrogen-bond donors (Lipinski definition) is 3. The number of aromatic nitrogens is 1. The molecule has 1 amide bonds. The predicted molar refractivity (Wildman–Crippen MR) is 114 cm³/mol. The molecule has 2 heterocycles. The first-order valence-corrected chi connectivity index (χ1v) is 10.3. The molecular weight excluding hydrogens is 401 g/mol. The van der Waals surface area contributed by atoms with Crippen LogP contribution in [0.5, 0.6) is 5.75 Å². The van der Waals surface area contributed by atoms with Crippen molar-refractivity contribution in [3.63, 3.8) is 0 Å². The first kappa shape index (κ1) is 21.3. The lowest BCUT2D eigenvalue weighted by Crippen LogP contribution is -2.34. The van der Waals surface area contributed by atoms with Gasteiger partial charge in [-0.05, 0) is 37.6 Å². The van der Waals surface area contributed by atoms with E-state index in [0.717, 1.165) is 35.5 Å². The molecule has 1 saturated carbocycles. The zero-order chi connectivity index (χ0) is 22.3. The van der Waals surface area contributed by atoms with Crippen LogP contribution >= 0.6 is 0 Å². The van der Waals surface area contributed by atoms with Gasteiger partial charge in [-0.3, -0.25) is 9.79 Å². The molecule has 5 atom stereocenters. The number of aliphatic imine (C=N–C) groups is 1. The van der Waals surface area contributed by atoms with Crippen molar-refractivity contribution in [3.05, 3.63) is 65.4 Å². The molecule has 0 spiro atoms. The molecule has 0 bridgehead atoms. The van der Waals surface area contributed by atoms with Gasteiger partial charge in [0.05, 0.1) is 11.6 Å². The highest BCUT2D eigenvalue weighted by molar-refractivity contribution is 6.00. The second-order valence-electron chi connectivity index (χ2n) is 8.20. The van der Waals surface area contributed by atoms with Gasteiger partial charge in [0.2, 0.25) is 0 Å². The van der Waals surface area contributed by atoms with Crippen molar-refractivity contribution in [2.75, 3.05) is 0 Å². The topological polar surface area (TPSA) is 110 Å². The number of primary amides is 1. The van der Waals surface area contributed by atoms with Crippen LogP contribution in [0.25, 0.3) is 0 Å². The van der Waals surface area contributed by atoms with Gasteiger partial charge in [-0.2, -0.15) is 0 Å². The number of allylic oxidation sites excluding steroid dienone is 1. The van der Waals surface area contributed by atoms with Crippen LogP contribution in [0, 0.1) is 5.82 Å². The normalized spacial score (nSPS) is 28.9. The van der Waals surface area contributed by atoms with E-state index < -0.39 is 36.1 Å². The minimum atomic E-state index is -1.19. The number of ether oxygens (including phenoxy) is 1. The number of benzene rings is 1.